The van der Waals surface area contributed by atoms with Crippen molar-refractivity contribution in [3.63, 3.8) is 0 Å². The standard InChI is InChI=1S/C22H28N2O/c1-23(2)15-19-8-9-21-20(14-19)10-11-22(25-21)12-13-24(17-22)16-18-6-4-3-5-7-18/h3-9,14H,10-13,15-17H2,1-2H3. The fourth-order valence-corrected chi connectivity index (χ4v) is 4.23. The molecule has 25 heavy (non-hydrogen) atoms. The lowest BCUT2D eigenvalue weighted by atomic mass is 9.89. The molecule has 0 amide bonds. The molecule has 2 heterocycles. The molecule has 4 rings (SSSR count). The molecular formula is C22H28N2O. The van der Waals surface area contributed by atoms with Gasteiger partial charge in [-0.3, -0.25) is 4.90 Å². The molecule has 2 aromatic rings. The topological polar surface area (TPSA) is 15.7 Å². The van der Waals surface area contributed by atoms with Crippen LogP contribution in [0.25, 0.3) is 0 Å². The number of rotatable bonds is 4. The molecule has 2 aliphatic heterocycles. The van der Waals surface area contributed by atoms with Gasteiger partial charge in [-0.15, -0.1) is 0 Å². The van der Waals surface area contributed by atoms with Gasteiger partial charge in [-0.1, -0.05) is 42.5 Å². The second kappa shape index (κ2) is 6.81. The van der Waals surface area contributed by atoms with Crippen molar-refractivity contribution in [2.45, 2.75) is 38.0 Å². The predicted octanol–water partition coefficient (Wildman–Crippen LogP) is 3.72. The smallest absolute Gasteiger partial charge is 0.123 e. The van der Waals surface area contributed by atoms with Gasteiger partial charge in [0.2, 0.25) is 0 Å². The Morgan fingerprint density at radius 2 is 1.88 bits per heavy atom. The van der Waals surface area contributed by atoms with Crippen LogP contribution in [-0.4, -0.2) is 42.6 Å². The van der Waals surface area contributed by atoms with Crippen molar-refractivity contribution in [3.8, 4) is 5.75 Å². The van der Waals surface area contributed by atoms with Gasteiger partial charge >= 0.3 is 0 Å². The maximum Gasteiger partial charge on any atom is 0.123 e. The van der Waals surface area contributed by atoms with E-state index in [2.05, 4.69) is 72.4 Å². The summed E-state index contributed by atoms with van der Waals surface area (Å²) >= 11 is 0. The van der Waals surface area contributed by atoms with Gasteiger partial charge in [0.1, 0.15) is 11.4 Å². The number of likely N-dealkylation sites (tertiary alicyclic amines) is 1. The fraction of sp³-hybridized carbons (Fsp3) is 0.455. The van der Waals surface area contributed by atoms with Gasteiger partial charge in [-0.2, -0.15) is 0 Å². The highest BCUT2D eigenvalue weighted by atomic mass is 16.5. The Kier molecular flexibility index (Phi) is 4.53. The van der Waals surface area contributed by atoms with E-state index in [1.165, 1.54) is 16.7 Å². The Bertz CT molecular complexity index is 728. The third-order valence-corrected chi connectivity index (χ3v) is 5.44. The first-order chi connectivity index (χ1) is 12.1. The quantitative estimate of drug-likeness (QED) is 0.846. The first kappa shape index (κ1) is 16.6. The maximum absolute atomic E-state index is 6.55. The van der Waals surface area contributed by atoms with Crippen LogP contribution in [0.1, 0.15) is 29.5 Å². The van der Waals surface area contributed by atoms with E-state index in [0.29, 0.717) is 0 Å². The summed E-state index contributed by atoms with van der Waals surface area (Å²) in [4.78, 5) is 4.76. The highest BCUT2D eigenvalue weighted by Gasteiger charge is 2.42. The number of aryl methyl sites for hydroxylation is 1. The number of nitrogens with zero attached hydrogens (tertiary/aromatic N) is 2. The predicted molar refractivity (Wildman–Crippen MR) is 102 cm³/mol. The molecule has 3 nitrogen and oxygen atoms in total. The summed E-state index contributed by atoms with van der Waals surface area (Å²) in [6.45, 7) is 4.19. The van der Waals surface area contributed by atoms with Crippen LogP contribution >= 0.6 is 0 Å². The van der Waals surface area contributed by atoms with Gasteiger partial charge in [0.25, 0.3) is 0 Å². The van der Waals surface area contributed by atoms with E-state index in [1.807, 2.05) is 0 Å². The second-order valence-electron chi connectivity index (χ2n) is 7.91. The number of fused-ring (bicyclic) bond motifs is 1. The second-order valence-corrected chi connectivity index (χ2v) is 7.91. The Labute approximate surface area is 151 Å². The lowest BCUT2D eigenvalue weighted by molar-refractivity contribution is 0.0536. The van der Waals surface area contributed by atoms with Crippen molar-refractivity contribution in [1.82, 2.24) is 9.80 Å². The summed E-state index contributed by atoms with van der Waals surface area (Å²) < 4.78 is 6.55. The highest BCUT2D eigenvalue weighted by molar-refractivity contribution is 5.40. The van der Waals surface area contributed by atoms with E-state index >= 15 is 0 Å². The fourth-order valence-electron chi connectivity index (χ4n) is 4.23. The molecule has 2 aromatic carbocycles. The third-order valence-electron chi connectivity index (χ3n) is 5.44. The van der Waals surface area contributed by atoms with Crippen LogP contribution in [0, 0.1) is 0 Å². The average Bonchev–Trinajstić information content (AvgIpc) is 2.98. The molecule has 132 valence electrons. The van der Waals surface area contributed by atoms with Gasteiger partial charge in [0.05, 0.1) is 0 Å². The van der Waals surface area contributed by atoms with Crippen molar-refractivity contribution in [1.29, 1.82) is 0 Å². The van der Waals surface area contributed by atoms with E-state index in [1.54, 1.807) is 0 Å². The van der Waals surface area contributed by atoms with Crippen LogP contribution in [0.3, 0.4) is 0 Å². The molecule has 1 atom stereocenters. The SMILES string of the molecule is CN(C)Cc1ccc2c(c1)CCC1(CCN(Cc3ccccc3)C1)O2. The minimum Gasteiger partial charge on any atom is -0.486 e. The van der Waals surface area contributed by atoms with Crippen LogP contribution in [0.4, 0.5) is 0 Å². The molecule has 1 fully saturated rings. The minimum absolute atomic E-state index is 0.0187. The van der Waals surface area contributed by atoms with Crippen LogP contribution in [0.5, 0.6) is 5.75 Å². The number of benzene rings is 2. The van der Waals surface area contributed by atoms with Crippen LogP contribution in [0.15, 0.2) is 48.5 Å². The Morgan fingerprint density at radius 3 is 2.68 bits per heavy atom. The van der Waals surface area contributed by atoms with Crippen LogP contribution < -0.4 is 4.74 Å². The zero-order valence-corrected chi connectivity index (χ0v) is 15.4. The summed E-state index contributed by atoms with van der Waals surface area (Å²) in [6.07, 6.45) is 3.41. The minimum atomic E-state index is 0.0187. The molecular weight excluding hydrogens is 308 g/mol. The van der Waals surface area contributed by atoms with Gasteiger partial charge < -0.3 is 9.64 Å². The Morgan fingerprint density at radius 1 is 1.04 bits per heavy atom. The molecule has 1 saturated heterocycles. The lowest BCUT2D eigenvalue weighted by Gasteiger charge is -2.36. The molecule has 3 heteroatoms. The molecule has 0 aliphatic carbocycles. The largest absolute Gasteiger partial charge is 0.486 e. The highest BCUT2D eigenvalue weighted by Crippen LogP contribution is 2.39. The molecule has 0 N–H and O–H groups in total. The van der Waals surface area contributed by atoms with Crippen molar-refractivity contribution in [2.24, 2.45) is 0 Å². The number of hydrogen-bond acceptors (Lipinski definition) is 3. The Balaban J connectivity index is 1.43. The van der Waals surface area contributed by atoms with Crippen LogP contribution in [-0.2, 0) is 19.5 Å². The number of ether oxygens (including phenoxy) is 1. The number of hydrogen-bond donors (Lipinski definition) is 0. The summed E-state index contributed by atoms with van der Waals surface area (Å²) in [5.41, 5.74) is 4.17. The van der Waals surface area contributed by atoms with Gasteiger partial charge in [-0.25, -0.2) is 0 Å². The van der Waals surface area contributed by atoms with Crippen molar-refractivity contribution in [3.05, 3.63) is 65.2 Å². The van der Waals surface area contributed by atoms with E-state index in [4.69, 9.17) is 4.74 Å². The molecule has 0 bridgehead atoms. The molecule has 0 saturated carbocycles. The van der Waals surface area contributed by atoms with Gasteiger partial charge in [0.15, 0.2) is 0 Å². The summed E-state index contributed by atoms with van der Waals surface area (Å²) in [5, 5.41) is 0. The van der Waals surface area contributed by atoms with E-state index in [0.717, 1.165) is 51.2 Å². The zero-order valence-electron chi connectivity index (χ0n) is 15.4. The van der Waals surface area contributed by atoms with Gasteiger partial charge in [0, 0.05) is 32.6 Å². The Hall–Kier alpha value is -1.84. The molecule has 0 aromatic heterocycles. The van der Waals surface area contributed by atoms with E-state index < -0.39 is 0 Å². The van der Waals surface area contributed by atoms with Crippen molar-refractivity contribution >= 4 is 0 Å². The maximum atomic E-state index is 6.55. The van der Waals surface area contributed by atoms with Crippen LogP contribution in [0.2, 0.25) is 0 Å². The average molecular weight is 336 g/mol. The first-order valence-corrected chi connectivity index (χ1v) is 9.34. The normalized spacial score (nSPS) is 23.0. The van der Waals surface area contributed by atoms with E-state index in [-0.39, 0.29) is 5.60 Å². The van der Waals surface area contributed by atoms with Gasteiger partial charge in [-0.05, 0) is 49.7 Å². The third kappa shape index (κ3) is 3.73. The summed E-state index contributed by atoms with van der Waals surface area (Å²) in [6, 6.07) is 17.5. The zero-order chi connectivity index (χ0) is 17.3. The van der Waals surface area contributed by atoms with E-state index in [9.17, 15) is 0 Å². The molecule has 1 spiro atoms. The van der Waals surface area contributed by atoms with Crippen molar-refractivity contribution in [2.75, 3.05) is 27.2 Å². The van der Waals surface area contributed by atoms with Crippen molar-refractivity contribution < 1.29 is 4.74 Å². The lowest BCUT2D eigenvalue weighted by Crippen LogP contribution is -2.42. The summed E-state index contributed by atoms with van der Waals surface area (Å²) in [5.74, 6) is 1.11. The summed E-state index contributed by atoms with van der Waals surface area (Å²) in [7, 11) is 4.23. The molecule has 2 aliphatic rings. The molecule has 1 unspecified atom stereocenters. The first-order valence-electron chi connectivity index (χ1n) is 9.34. The monoisotopic (exact) mass is 336 g/mol. The molecule has 0 radical (unpaired) electrons.